The lowest BCUT2D eigenvalue weighted by atomic mass is 10.0. The van der Waals surface area contributed by atoms with E-state index in [4.69, 9.17) is 10.00 Å². The number of ether oxygens (including phenoxy) is 1. The van der Waals surface area contributed by atoms with Gasteiger partial charge in [0, 0.05) is 6.61 Å². The van der Waals surface area contributed by atoms with Crippen LogP contribution >= 0.6 is 0 Å². The molecule has 2 aromatic carbocycles. The molecule has 55 heavy (non-hydrogen) atoms. The standard InChI is InChI=1S/C29H36F4O5S.C14H26N2/c1-2-3-4-5-6-7-8-9-16-38-26-19-23(18-24(26)28(34)35)39(36,37)27-15-12-21(17-25(27)29(31,32)33)20-10-13-22(30)14-11-20;1-2-3-4-5-6-7-8-9-12-16-14(13-15)10-11-14/h10-15,17,23-24,26H,2-9,16,18-19H2,1H3,(H,34,35);16H,2-12H2,1H3/t23-,24-,26-;/m0./s1. The highest BCUT2D eigenvalue weighted by Gasteiger charge is 2.48. The Morgan fingerprint density at radius 3 is 1.87 bits per heavy atom. The predicted molar refractivity (Wildman–Crippen MR) is 209 cm³/mol. The quantitative estimate of drug-likeness (QED) is 0.0803. The monoisotopic (exact) mass is 794 g/mol. The Labute approximate surface area is 326 Å². The highest BCUT2D eigenvalue weighted by Crippen LogP contribution is 2.42. The number of alkyl halides is 3. The van der Waals surface area contributed by atoms with Crippen LogP contribution in [0.1, 0.15) is 148 Å². The lowest BCUT2D eigenvalue weighted by Crippen LogP contribution is -2.30. The highest BCUT2D eigenvalue weighted by atomic mass is 32.2. The zero-order valence-electron chi connectivity index (χ0n) is 32.8. The molecular formula is C43H62F4N2O5S. The van der Waals surface area contributed by atoms with E-state index in [9.17, 15) is 35.9 Å². The average Bonchev–Trinajstić information content (AvgIpc) is 3.81. The maximum absolute atomic E-state index is 14.0. The van der Waals surface area contributed by atoms with Crippen molar-refractivity contribution in [2.24, 2.45) is 5.92 Å². The Balaban J connectivity index is 0.000000424. The van der Waals surface area contributed by atoms with Gasteiger partial charge in [-0.25, -0.2) is 12.8 Å². The number of hydrogen-bond donors (Lipinski definition) is 2. The second kappa shape index (κ2) is 23.3. The SMILES string of the molecule is CCCCCCCCCCNC1(C#N)CC1.CCCCCCCCCCO[C@H]1C[C@@H](S(=O)(=O)c2ccc(-c3ccc(F)cc3)cc2C(F)(F)F)C[C@@H]1C(=O)O. The number of nitrogens with one attached hydrogen (secondary N) is 1. The van der Waals surface area contributed by atoms with Gasteiger partial charge in [0.05, 0.1) is 33.8 Å². The molecule has 0 amide bonds. The summed E-state index contributed by atoms with van der Waals surface area (Å²) in [7, 11) is -4.53. The maximum atomic E-state index is 14.0. The van der Waals surface area contributed by atoms with Crippen LogP contribution in [-0.2, 0) is 25.5 Å². The van der Waals surface area contributed by atoms with Gasteiger partial charge in [0.2, 0.25) is 0 Å². The van der Waals surface area contributed by atoms with E-state index in [2.05, 4.69) is 25.2 Å². The van der Waals surface area contributed by atoms with Crippen LogP contribution < -0.4 is 5.32 Å². The lowest BCUT2D eigenvalue weighted by Gasteiger charge is -2.18. The van der Waals surface area contributed by atoms with Gasteiger partial charge in [-0.3, -0.25) is 10.1 Å². The molecule has 4 rings (SSSR count). The van der Waals surface area contributed by atoms with Crippen molar-refractivity contribution in [2.75, 3.05) is 13.2 Å². The van der Waals surface area contributed by atoms with Crippen molar-refractivity contribution in [1.82, 2.24) is 5.32 Å². The summed E-state index contributed by atoms with van der Waals surface area (Å²) in [4.78, 5) is 11.0. The minimum atomic E-state index is -4.98. The zero-order valence-corrected chi connectivity index (χ0v) is 33.6. The van der Waals surface area contributed by atoms with Crippen molar-refractivity contribution in [3.8, 4) is 17.2 Å². The molecule has 3 atom stereocenters. The number of nitriles is 1. The molecule has 12 heteroatoms. The molecule has 2 aliphatic rings. The zero-order chi connectivity index (χ0) is 40.3. The number of hydrogen-bond acceptors (Lipinski definition) is 6. The van der Waals surface area contributed by atoms with Gasteiger partial charge in [-0.05, 0) is 80.5 Å². The van der Waals surface area contributed by atoms with E-state index in [0.717, 1.165) is 62.9 Å². The first kappa shape index (κ1) is 46.4. The van der Waals surface area contributed by atoms with Crippen molar-refractivity contribution in [3.05, 3.63) is 53.8 Å². The number of nitrogens with zero attached hydrogens (tertiary/aromatic N) is 1. The van der Waals surface area contributed by atoms with Crippen LogP contribution in [0.2, 0.25) is 0 Å². The number of carboxylic acids is 1. The van der Waals surface area contributed by atoms with Crippen molar-refractivity contribution < 1.29 is 40.6 Å². The molecule has 0 unspecified atom stereocenters. The summed E-state index contributed by atoms with van der Waals surface area (Å²) in [6.07, 6.45) is 15.1. The molecule has 0 spiro atoms. The molecule has 0 aromatic heterocycles. The van der Waals surface area contributed by atoms with Gasteiger partial charge in [0.15, 0.2) is 9.84 Å². The average molecular weight is 795 g/mol. The van der Waals surface area contributed by atoms with Crippen LogP contribution in [0.5, 0.6) is 0 Å². The Morgan fingerprint density at radius 2 is 1.36 bits per heavy atom. The largest absolute Gasteiger partial charge is 0.481 e. The van der Waals surface area contributed by atoms with Gasteiger partial charge in [-0.15, -0.1) is 0 Å². The summed E-state index contributed by atoms with van der Waals surface area (Å²) in [6.45, 7) is 5.72. The lowest BCUT2D eigenvalue weighted by molar-refractivity contribution is -0.146. The van der Waals surface area contributed by atoms with Crippen LogP contribution in [0.4, 0.5) is 17.6 Å². The molecule has 2 N–H and O–H groups in total. The number of unbranched alkanes of at least 4 members (excludes halogenated alkanes) is 14. The summed E-state index contributed by atoms with van der Waals surface area (Å²) in [5.41, 5.74) is -1.06. The molecular weight excluding hydrogens is 733 g/mol. The van der Waals surface area contributed by atoms with Gasteiger partial charge in [-0.1, -0.05) is 122 Å². The van der Waals surface area contributed by atoms with Crippen molar-refractivity contribution in [3.63, 3.8) is 0 Å². The number of benzene rings is 2. The van der Waals surface area contributed by atoms with Crippen molar-refractivity contribution in [1.29, 1.82) is 5.26 Å². The minimum absolute atomic E-state index is 0.0858. The number of halogens is 4. The fourth-order valence-electron chi connectivity index (χ4n) is 7.16. The first-order chi connectivity index (χ1) is 26.3. The molecule has 0 bridgehead atoms. The first-order valence-electron chi connectivity index (χ1n) is 20.5. The van der Waals surface area contributed by atoms with E-state index in [-0.39, 0.29) is 30.6 Å². The van der Waals surface area contributed by atoms with Gasteiger partial charge < -0.3 is 9.84 Å². The number of sulfone groups is 1. The van der Waals surface area contributed by atoms with Crippen LogP contribution in [0.15, 0.2) is 47.4 Å². The molecule has 2 aromatic rings. The molecule has 2 fully saturated rings. The second-order valence-corrected chi connectivity index (χ2v) is 17.5. The van der Waals surface area contributed by atoms with E-state index in [1.807, 2.05) is 0 Å². The maximum Gasteiger partial charge on any atom is 0.417 e. The molecule has 0 heterocycles. The third-order valence-electron chi connectivity index (χ3n) is 10.8. The molecule has 0 saturated heterocycles. The van der Waals surface area contributed by atoms with Crippen molar-refractivity contribution >= 4 is 15.8 Å². The van der Waals surface area contributed by atoms with Gasteiger partial charge in [0.1, 0.15) is 11.4 Å². The smallest absolute Gasteiger partial charge is 0.417 e. The third kappa shape index (κ3) is 15.5. The number of carboxylic acid groups (broad SMARTS) is 1. The van der Waals surface area contributed by atoms with E-state index in [0.29, 0.717) is 12.0 Å². The van der Waals surface area contributed by atoms with E-state index in [1.165, 1.54) is 95.2 Å². The first-order valence-corrected chi connectivity index (χ1v) is 22.0. The predicted octanol–water partition coefficient (Wildman–Crippen LogP) is 11.4. The van der Waals surface area contributed by atoms with E-state index < -0.39 is 55.5 Å². The number of carbonyl (C=O) groups is 1. The Bertz CT molecular complexity index is 1590. The van der Waals surface area contributed by atoms with Crippen LogP contribution in [0.3, 0.4) is 0 Å². The summed E-state index contributed by atoms with van der Waals surface area (Å²) >= 11 is 0. The van der Waals surface area contributed by atoms with Crippen molar-refractivity contribution in [2.45, 2.75) is 170 Å². The number of aliphatic carboxylic acids is 1. The van der Waals surface area contributed by atoms with Gasteiger partial charge in [0.25, 0.3) is 0 Å². The van der Waals surface area contributed by atoms with Crippen LogP contribution in [-0.4, -0.2) is 49.5 Å². The van der Waals surface area contributed by atoms with Crippen LogP contribution in [0, 0.1) is 23.1 Å². The topological polar surface area (TPSA) is 116 Å². The molecule has 2 aliphatic carbocycles. The molecule has 7 nitrogen and oxygen atoms in total. The summed E-state index contributed by atoms with van der Waals surface area (Å²) in [5, 5.41) is 20.6. The van der Waals surface area contributed by atoms with E-state index >= 15 is 0 Å². The highest BCUT2D eigenvalue weighted by molar-refractivity contribution is 7.92. The van der Waals surface area contributed by atoms with Gasteiger partial charge in [-0.2, -0.15) is 18.4 Å². The normalized spacial score (nSPS) is 19.0. The number of rotatable bonds is 24. The Morgan fingerprint density at radius 1 is 0.836 bits per heavy atom. The molecule has 0 radical (unpaired) electrons. The molecule has 0 aliphatic heterocycles. The Kier molecular flexibility index (Phi) is 19.6. The minimum Gasteiger partial charge on any atom is -0.481 e. The summed E-state index contributed by atoms with van der Waals surface area (Å²) < 4.78 is 87.9. The Hall–Kier alpha value is -3.01. The van der Waals surface area contributed by atoms with Crippen LogP contribution in [0.25, 0.3) is 11.1 Å². The summed E-state index contributed by atoms with van der Waals surface area (Å²) in [5.74, 6) is -2.90. The molecule has 308 valence electrons. The molecule has 2 saturated carbocycles. The fraction of sp³-hybridized carbons (Fsp3) is 0.674. The summed E-state index contributed by atoms with van der Waals surface area (Å²) in [6, 6.07) is 10.1. The third-order valence-corrected chi connectivity index (χ3v) is 13.0. The fourth-order valence-corrected chi connectivity index (χ4v) is 9.17. The van der Waals surface area contributed by atoms with E-state index in [1.54, 1.807) is 0 Å². The van der Waals surface area contributed by atoms with Gasteiger partial charge >= 0.3 is 12.1 Å². The second-order valence-electron chi connectivity index (χ2n) is 15.3.